The van der Waals surface area contributed by atoms with Crippen LogP contribution in [0, 0.1) is 0 Å². The minimum atomic E-state index is -0.994. The fourth-order valence-electron chi connectivity index (χ4n) is 4.46. The molecule has 2 atom stereocenters. The number of nitrogens with one attached hydrogen (secondary N) is 3. The van der Waals surface area contributed by atoms with E-state index in [9.17, 15) is 4.39 Å². The Morgan fingerprint density at radius 1 is 1.25 bits per heavy atom. The van der Waals surface area contributed by atoms with Crippen molar-refractivity contribution < 1.29 is 9.13 Å². The van der Waals surface area contributed by atoms with E-state index in [0.29, 0.717) is 49.6 Å². The van der Waals surface area contributed by atoms with Crippen molar-refractivity contribution in [3.05, 3.63) is 30.7 Å². The number of halogens is 1. The van der Waals surface area contributed by atoms with E-state index in [2.05, 4.69) is 40.6 Å². The molecule has 0 unspecified atom stereocenters. The fourth-order valence-corrected chi connectivity index (χ4v) is 4.46. The van der Waals surface area contributed by atoms with Crippen molar-refractivity contribution in [2.24, 2.45) is 0 Å². The molecule has 0 amide bonds. The molecule has 0 aromatic carbocycles. The maximum Gasteiger partial charge on any atom is 0.226 e. The lowest BCUT2D eigenvalue weighted by molar-refractivity contribution is -0.0794. The van der Waals surface area contributed by atoms with Gasteiger partial charge in [-0.25, -0.2) is 13.9 Å². The van der Waals surface area contributed by atoms with Crippen LogP contribution in [-0.2, 0) is 4.74 Å². The van der Waals surface area contributed by atoms with Crippen molar-refractivity contribution >= 4 is 28.4 Å². The summed E-state index contributed by atoms with van der Waals surface area (Å²) in [7, 11) is 1.81. The van der Waals surface area contributed by atoms with Crippen LogP contribution in [0.4, 0.5) is 16.2 Å². The first-order chi connectivity index (χ1) is 15.7. The van der Waals surface area contributed by atoms with Gasteiger partial charge in [-0.3, -0.25) is 4.90 Å². The second kappa shape index (κ2) is 7.68. The van der Waals surface area contributed by atoms with E-state index in [1.54, 1.807) is 10.7 Å². The van der Waals surface area contributed by atoms with Crippen molar-refractivity contribution in [3.63, 3.8) is 0 Å². The van der Waals surface area contributed by atoms with E-state index in [1.807, 2.05) is 31.6 Å². The van der Waals surface area contributed by atoms with Crippen LogP contribution in [0.3, 0.4) is 0 Å². The van der Waals surface area contributed by atoms with Gasteiger partial charge >= 0.3 is 0 Å². The van der Waals surface area contributed by atoms with Gasteiger partial charge in [-0.2, -0.15) is 15.1 Å². The number of anilines is 2. The van der Waals surface area contributed by atoms with Gasteiger partial charge in [0.2, 0.25) is 5.95 Å². The van der Waals surface area contributed by atoms with Gasteiger partial charge in [0.15, 0.2) is 5.65 Å². The minimum absolute atomic E-state index is 0.325. The van der Waals surface area contributed by atoms with Crippen LogP contribution in [0.1, 0.15) is 6.42 Å². The predicted octanol–water partition coefficient (Wildman–Crippen LogP) is 1.93. The summed E-state index contributed by atoms with van der Waals surface area (Å²) in [6, 6.07) is 3.87. The Balaban J connectivity index is 1.28. The molecule has 4 aromatic heterocycles. The first-order valence-corrected chi connectivity index (χ1v) is 10.8. The molecule has 0 bridgehead atoms. The highest BCUT2D eigenvalue weighted by atomic mass is 19.1. The average molecular weight is 437 g/mol. The number of alkyl halides is 1. The van der Waals surface area contributed by atoms with E-state index >= 15 is 0 Å². The summed E-state index contributed by atoms with van der Waals surface area (Å²) in [6.45, 7) is 2.64. The SMILES string of the molecule is CNc1nc(N[C@H]2CCN(C3COC3)C[C@H]2F)nc2[nH]cc(-c3ccc4nccn4n3)c12. The molecule has 6 heterocycles. The van der Waals surface area contributed by atoms with Crippen LogP contribution < -0.4 is 10.6 Å². The van der Waals surface area contributed by atoms with Crippen molar-refractivity contribution in [1.29, 1.82) is 0 Å². The van der Waals surface area contributed by atoms with Gasteiger partial charge in [0, 0.05) is 44.3 Å². The van der Waals surface area contributed by atoms with Crippen LogP contribution >= 0.6 is 0 Å². The first kappa shape index (κ1) is 19.4. The van der Waals surface area contributed by atoms with Crippen LogP contribution in [0.25, 0.3) is 27.9 Å². The number of imidazole rings is 1. The Kier molecular flexibility index (Phi) is 4.65. The molecule has 2 aliphatic rings. The van der Waals surface area contributed by atoms with Crippen LogP contribution in [0.5, 0.6) is 0 Å². The number of aromatic amines is 1. The summed E-state index contributed by atoms with van der Waals surface area (Å²) in [5.74, 6) is 1.06. The maximum atomic E-state index is 14.9. The molecule has 0 spiro atoms. The van der Waals surface area contributed by atoms with E-state index < -0.39 is 6.17 Å². The number of aromatic nitrogens is 6. The number of rotatable bonds is 5. The van der Waals surface area contributed by atoms with E-state index in [0.717, 1.165) is 28.8 Å². The number of hydrogen-bond donors (Lipinski definition) is 3. The second-order valence-electron chi connectivity index (χ2n) is 8.26. The molecular weight excluding hydrogens is 413 g/mol. The topological polar surface area (TPSA) is 108 Å². The lowest BCUT2D eigenvalue weighted by Gasteiger charge is -2.42. The molecule has 32 heavy (non-hydrogen) atoms. The van der Waals surface area contributed by atoms with Gasteiger partial charge in [0.1, 0.15) is 17.6 Å². The predicted molar refractivity (Wildman–Crippen MR) is 119 cm³/mol. The molecule has 2 fully saturated rings. The monoisotopic (exact) mass is 437 g/mol. The van der Waals surface area contributed by atoms with E-state index in [-0.39, 0.29) is 6.04 Å². The van der Waals surface area contributed by atoms with Crippen molar-refractivity contribution in [2.75, 3.05) is 44.0 Å². The molecule has 0 saturated carbocycles. The zero-order valence-electron chi connectivity index (χ0n) is 17.6. The van der Waals surface area contributed by atoms with Crippen molar-refractivity contribution in [1.82, 2.24) is 34.4 Å². The van der Waals surface area contributed by atoms with Gasteiger partial charge in [-0.15, -0.1) is 0 Å². The summed E-state index contributed by atoms with van der Waals surface area (Å²) < 4.78 is 21.9. The number of likely N-dealkylation sites (tertiary alicyclic amines) is 1. The quantitative estimate of drug-likeness (QED) is 0.435. The molecule has 10 nitrogen and oxygen atoms in total. The van der Waals surface area contributed by atoms with Crippen molar-refractivity contribution in [2.45, 2.75) is 24.7 Å². The smallest absolute Gasteiger partial charge is 0.226 e. The molecule has 166 valence electrons. The van der Waals surface area contributed by atoms with Crippen molar-refractivity contribution in [3.8, 4) is 11.3 Å². The molecule has 4 aromatic rings. The highest BCUT2D eigenvalue weighted by molar-refractivity contribution is 6.00. The third-order valence-corrected chi connectivity index (χ3v) is 6.32. The number of ether oxygens (including phenoxy) is 1. The first-order valence-electron chi connectivity index (χ1n) is 10.8. The molecule has 2 saturated heterocycles. The van der Waals surface area contributed by atoms with Gasteiger partial charge in [0.05, 0.1) is 36.4 Å². The molecule has 2 aliphatic heterocycles. The number of hydrogen-bond acceptors (Lipinski definition) is 8. The Hall–Kier alpha value is -3.31. The number of H-pyrrole nitrogens is 1. The van der Waals surface area contributed by atoms with E-state index in [1.165, 1.54) is 0 Å². The Morgan fingerprint density at radius 3 is 2.94 bits per heavy atom. The standard InChI is InChI=1S/C21H24FN9O/c1-23-19-18-13(15-2-3-17-24-5-7-31(17)29-15)8-25-20(18)28-21(27-19)26-16-4-6-30(9-14(16)22)12-10-32-11-12/h2-3,5,7-8,12,14,16H,4,6,9-11H2,1H3,(H3,23,25,26,27,28)/t14-,16+/m1/s1. The van der Waals surface area contributed by atoms with Crippen LogP contribution in [0.15, 0.2) is 30.7 Å². The minimum Gasteiger partial charge on any atom is -0.378 e. The average Bonchev–Trinajstić information content (AvgIpc) is 3.40. The molecule has 0 aliphatic carbocycles. The highest BCUT2D eigenvalue weighted by Gasteiger charge is 2.35. The summed E-state index contributed by atoms with van der Waals surface area (Å²) in [4.78, 5) is 18.9. The number of piperidine rings is 1. The van der Waals surface area contributed by atoms with Crippen LogP contribution in [0.2, 0.25) is 0 Å². The lowest BCUT2D eigenvalue weighted by Crippen LogP contribution is -2.57. The Morgan fingerprint density at radius 2 is 2.16 bits per heavy atom. The van der Waals surface area contributed by atoms with Gasteiger partial charge < -0.3 is 20.4 Å². The normalized spacial score (nSPS) is 22.3. The zero-order valence-corrected chi connectivity index (χ0v) is 17.6. The molecule has 6 rings (SSSR count). The number of nitrogens with zero attached hydrogens (tertiary/aromatic N) is 6. The fraction of sp³-hybridized carbons (Fsp3) is 0.429. The maximum absolute atomic E-state index is 14.9. The Labute approximate surface area is 183 Å². The largest absolute Gasteiger partial charge is 0.378 e. The molecule has 11 heteroatoms. The van der Waals surface area contributed by atoms with Crippen LogP contribution in [-0.4, -0.2) is 86.1 Å². The summed E-state index contributed by atoms with van der Waals surface area (Å²) in [5.41, 5.74) is 3.10. The lowest BCUT2D eigenvalue weighted by atomic mass is 10.0. The highest BCUT2D eigenvalue weighted by Crippen LogP contribution is 2.32. The summed E-state index contributed by atoms with van der Waals surface area (Å²) >= 11 is 0. The van der Waals surface area contributed by atoms with Gasteiger partial charge in [-0.1, -0.05) is 0 Å². The molecule has 3 N–H and O–H groups in total. The number of fused-ring (bicyclic) bond motifs is 2. The molecular formula is C21H24FN9O. The summed E-state index contributed by atoms with van der Waals surface area (Å²) in [6.07, 6.45) is 5.09. The van der Waals surface area contributed by atoms with Gasteiger partial charge in [0.25, 0.3) is 0 Å². The third-order valence-electron chi connectivity index (χ3n) is 6.32. The zero-order chi connectivity index (χ0) is 21.7. The van der Waals surface area contributed by atoms with E-state index in [4.69, 9.17) is 4.74 Å². The molecule has 0 radical (unpaired) electrons. The Bertz CT molecular complexity index is 1270. The van der Waals surface area contributed by atoms with Gasteiger partial charge in [-0.05, 0) is 18.6 Å². The second-order valence-corrected chi connectivity index (χ2v) is 8.26. The third kappa shape index (κ3) is 3.24. The summed E-state index contributed by atoms with van der Waals surface area (Å²) in [5, 5.41) is 11.8.